The number of hydrogen-bond acceptors (Lipinski definition) is 1. The molecule has 1 nitrogen and oxygen atoms in total. The zero-order chi connectivity index (χ0) is 11.4. The fraction of sp³-hybridized carbons (Fsp3) is 1.00. The highest BCUT2D eigenvalue weighted by Crippen LogP contribution is 2.49. The van der Waals surface area contributed by atoms with Crippen molar-refractivity contribution in [2.24, 2.45) is 23.5 Å². The normalized spacial score (nSPS) is 40.1. The van der Waals surface area contributed by atoms with E-state index in [1.165, 1.54) is 57.8 Å². The van der Waals surface area contributed by atoms with Crippen molar-refractivity contribution in [3.8, 4) is 0 Å². The molecule has 0 bridgehead atoms. The van der Waals surface area contributed by atoms with Crippen LogP contribution in [0.15, 0.2) is 0 Å². The van der Waals surface area contributed by atoms with Crippen LogP contribution in [0.4, 0.5) is 0 Å². The number of fused-ring (bicyclic) bond motifs is 1. The van der Waals surface area contributed by atoms with Gasteiger partial charge in [-0.2, -0.15) is 0 Å². The fourth-order valence-corrected chi connectivity index (χ4v) is 3.93. The molecule has 0 aromatic heterocycles. The molecule has 16 heavy (non-hydrogen) atoms. The molecule has 0 spiro atoms. The number of unbranched alkanes of at least 4 members (excludes halogenated alkanes) is 1. The van der Waals surface area contributed by atoms with Crippen molar-refractivity contribution in [2.75, 3.05) is 0 Å². The molecule has 0 heterocycles. The first-order chi connectivity index (χ1) is 7.81. The highest BCUT2D eigenvalue weighted by molar-refractivity contribution is 4.90. The van der Waals surface area contributed by atoms with Gasteiger partial charge in [-0.3, -0.25) is 0 Å². The number of hydrogen-bond donors (Lipinski definition) is 1. The maximum absolute atomic E-state index is 6.10. The molecule has 2 aliphatic rings. The molecule has 2 saturated carbocycles. The first-order valence-corrected chi connectivity index (χ1v) is 7.56. The van der Waals surface area contributed by atoms with E-state index >= 15 is 0 Å². The van der Waals surface area contributed by atoms with Gasteiger partial charge >= 0.3 is 0 Å². The Balaban J connectivity index is 1.79. The van der Waals surface area contributed by atoms with E-state index in [-0.39, 0.29) is 0 Å². The van der Waals surface area contributed by atoms with Crippen molar-refractivity contribution in [3.05, 3.63) is 0 Å². The third-order valence-corrected chi connectivity index (χ3v) is 5.01. The van der Waals surface area contributed by atoms with E-state index in [2.05, 4.69) is 6.92 Å². The summed E-state index contributed by atoms with van der Waals surface area (Å²) in [6.45, 7) is 2.32. The summed E-state index contributed by atoms with van der Waals surface area (Å²) in [6, 6.07) is 0.506. The fourth-order valence-electron chi connectivity index (χ4n) is 3.93. The lowest BCUT2D eigenvalue weighted by molar-refractivity contribution is 0.0467. The molecular weight excluding hydrogens is 194 g/mol. The molecule has 0 aromatic carbocycles. The molecular formula is C15H29N. The van der Waals surface area contributed by atoms with E-state index in [1.54, 1.807) is 6.42 Å². The largest absolute Gasteiger partial charge is 0.328 e. The minimum Gasteiger partial charge on any atom is -0.328 e. The Bertz CT molecular complexity index is 198. The van der Waals surface area contributed by atoms with Gasteiger partial charge in [0.05, 0.1) is 0 Å². The summed E-state index contributed by atoms with van der Waals surface area (Å²) in [4.78, 5) is 0. The summed E-state index contributed by atoms with van der Waals surface area (Å²) in [5.74, 6) is 3.24. The standard InChI is InChI=1S/C15H29N/c1-2-3-6-12-11-13-7-4-8-14(16)9-5-10-15(12)13/h12-15H,2-11,16H2,1H3. The average Bonchev–Trinajstić information content (AvgIpc) is 2.32. The Morgan fingerprint density at radius 3 is 2.56 bits per heavy atom. The van der Waals surface area contributed by atoms with Crippen molar-refractivity contribution >= 4 is 0 Å². The van der Waals surface area contributed by atoms with Crippen LogP contribution in [0.2, 0.25) is 0 Å². The van der Waals surface area contributed by atoms with Crippen LogP contribution in [0.1, 0.15) is 71.1 Å². The van der Waals surface area contributed by atoms with E-state index in [9.17, 15) is 0 Å². The van der Waals surface area contributed by atoms with Crippen LogP contribution in [-0.4, -0.2) is 6.04 Å². The molecule has 1 heteroatoms. The second kappa shape index (κ2) is 6.05. The molecule has 2 N–H and O–H groups in total. The molecule has 0 radical (unpaired) electrons. The molecule has 2 fully saturated rings. The Labute approximate surface area is 101 Å². The summed E-state index contributed by atoms with van der Waals surface area (Å²) in [7, 11) is 0. The van der Waals surface area contributed by atoms with E-state index < -0.39 is 0 Å². The molecule has 0 aromatic rings. The zero-order valence-electron chi connectivity index (χ0n) is 11.0. The van der Waals surface area contributed by atoms with E-state index in [4.69, 9.17) is 5.73 Å². The average molecular weight is 223 g/mol. The first kappa shape index (κ1) is 12.4. The van der Waals surface area contributed by atoms with Crippen LogP contribution in [0.3, 0.4) is 0 Å². The van der Waals surface area contributed by atoms with Gasteiger partial charge in [0.1, 0.15) is 0 Å². The van der Waals surface area contributed by atoms with Gasteiger partial charge in [-0.1, -0.05) is 45.4 Å². The highest BCUT2D eigenvalue weighted by Gasteiger charge is 2.39. The smallest absolute Gasteiger partial charge is 0.00388 e. The third kappa shape index (κ3) is 3.00. The Morgan fingerprint density at radius 1 is 1.06 bits per heavy atom. The van der Waals surface area contributed by atoms with Crippen LogP contribution >= 0.6 is 0 Å². The minimum absolute atomic E-state index is 0.506. The maximum atomic E-state index is 6.10. The van der Waals surface area contributed by atoms with Crippen molar-refractivity contribution in [1.82, 2.24) is 0 Å². The lowest BCUT2D eigenvalue weighted by Gasteiger charge is -2.45. The van der Waals surface area contributed by atoms with Crippen molar-refractivity contribution in [3.63, 3.8) is 0 Å². The minimum atomic E-state index is 0.506. The topological polar surface area (TPSA) is 26.0 Å². The van der Waals surface area contributed by atoms with Gasteiger partial charge in [0.15, 0.2) is 0 Å². The van der Waals surface area contributed by atoms with Gasteiger partial charge in [-0.25, -0.2) is 0 Å². The van der Waals surface area contributed by atoms with Gasteiger partial charge in [-0.05, 0) is 43.4 Å². The number of nitrogens with two attached hydrogens (primary N) is 1. The lowest BCUT2D eigenvalue weighted by Crippen LogP contribution is -2.36. The molecule has 4 unspecified atom stereocenters. The van der Waals surface area contributed by atoms with Crippen LogP contribution in [-0.2, 0) is 0 Å². The Morgan fingerprint density at radius 2 is 1.81 bits per heavy atom. The summed E-state index contributed by atoms with van der Waals surface area (Å²) in [5.41, 5.74) is 6.10. The molecule has 0 saturated heterocycles. The van der Waals surface area contributed by atoms with Gasteiger partial charge < -0.3 is 5.73 Å². The van der Waals surface area contributed by atoms with E-state index in [1.807, 2.05) is 0 Å². The summed E-state index contributed by atoms with van der Waals surface area (Å²) in [6.07, 6.45) is 14.2. The van der Waals surface area contributed by atoms with Crippen molar-refractivity contribution in [1.29, 1.82) is 0 Å². The summed E-state index contributed by atoms with van der Waals surface area (Å²) in [5, 5.41) is 0. The van der Waals surface area contributed by atoms with Crippen LogP contribution in [0.25, 0.3) is 0 Å². The van der Waals surface area contributed by atoms with Crippen LogP contribution < -0.4 is 5.73 Å². The van der Waals surface area contributed by atoms with Gasteiger partial charge in [0.25, 0.3) is 0 Å². The summed E-state index contributed by atoms with van der Waals surface area (Å²) >= 11 is 0. The SMILES string of the molecule is CCCCC1CC2CCCC(N)CCCC12. The van der Waals surface area contributed by atoms with Gasteiger partial charge in [-0.15, -0.1) is 0 Å². The second-order valence-electron chi connectivity index (χ2n) is 6.18. The maximum Gasteiger partial charge on any atom is 0.00388 e. The van der Waals surface area contributed by atoms with Crippen LogP contribution in [0, 0.1) is 17.8 Å². The predicted molar refractivity (Wildman–Crippen MR) is 70.3 cm³/mol. The second-order valence-corrected chi connectivity index (χ2v) is 6.18. The third-order valence-electron chi connectivity index (χ3n) is 5.01. The predicted octanol–water partition coefficient (Wildman–Crippen LogP) is 4.11. The number of rotatable bonds is 3. The monoisotopic (exact) mass is 223 g/mol. The van der Waals surface area contributed by atoms with E-state index in [0.717, 1.165) is 17.8 Å². The Kier molecular flexibility index (Phi) is 4.69. The molecule has 2 rings (SSSR count). The molecule has 4 atom stereocenters. The van der Waals surface area contributed by atoms with Gasteiger partial charge in [0, 0.05) is 6.04 Å². The zero-order valence-corrected chi connectivity index (χ0v) is 11.0. The quantitative estimate of drug-likeness (QED) is 0.765. The molecule has 0 aliphatic heterocycles. The van der Waals surface area contributed by atoms with Crippen LogP contribution in [0.5, 0.6) is 0 Å². The van der Waals surface area contributed by atoms with Gasteiger partial charge in [0.2, 0.25) is 0 Å². The lowest BCUT2D eigenvalue weighted by atomic mass is 9.60. The summed E-state index contributed by atoms with van der Waals surface area (Å²) < 4.78 is 0. The van der Waals surface area contributed by atoms with Crippen molar-refractivity contribution in [2.45, 2.75) is 77.2 Å². The van der Waals surface area contributed by atoms with Crippen molar-refractivity contribution < 1.29 is 0 Å². The van der Waals surface area contributed by atoms with E-state index in [0.29, 0.717) is 6.04 Å². The molecule has 2 aliphatic carbocycles. The first-order valence-electron chi connectivity index (χ1n) is 7.56. The Hall–Kier alpha value is -0.0400. The molecule has 94 valence electrons. The highest BCUT2D eigenvalue weighted by atomic mass is 14.6. The molecule has 0 amide bonds.